The average molecular weight is 185 g/mol. The van der Waals surface area contributed by atoms with Crippen molar-refractivity contribution in [1.82, 2.24) is 4.98 Å². The molecule has 0 bridgehead atoms. The molecule has 1 aromatic heterocycles. The van der Waals surface area contributed by atoms with E-state index in [-0.39, 0.29) is 5.91 Å². The summed E-state index contributed by atoms with van der Waals surface area (Å²) >= 11 is 1.38. The number of hydrogen-bond acceptors (Lipinski definition) is 4. The van der Waals surface area contributed by atoms with E-state index in [4.69, 9.17) is 5.73 Å². The first-order chi connectivity index (χ1) is 5.74. The van der Waals surface area contributed by atoms with Gasteiger partial charge in [0.15, 0.2) is 5.13 Å². The van der Waals surface area contributed by atoms with Gasteiger partial charge in [-0.2, -0.15) is 0 Å². The van der Waals surface area contributed by atoms with Crippen LogP contribution in [0.4, 0.5) is 5.13 Å². The summed E-state index contributed by atoms with van der Waals surface area (Å²) < 4.78 is 0. The van der Waals surface area contributed by atoms with Crippen LogP contribution in [0.5, 0.6) is 0 Å². The zero-order valence-electron chi connectivity index (χ0n) is 6.78. The summed E-state index contributed by atoms with van der Waals surface area (Å²) in [6.07, 6.45) is 2.27. The van der Waals surface area contributed by atoms with Crippen LogP contribution in [0.25, 0.3) is 0 Å². The van der Waals surface area contributed by atoms with E-state index in [1.165, 1.54) is 11.3 Å². The molecule has 1 rings (SSSR count). The molecule has 0 spiro atoms. The van der Waals surface area contributed by atoms with Crippen LogP contribution in [0.1, 0.15) is 13.3 Å². The van der Waals surface area contributed by atoms with Crippen molar-refractivity contribution in [2.75, 3.05) is 5.32 Å². The van der Waals surface area contributed by atoms with Gasteiger partial charge in [0.25, 0.3) is 0 Å². The minimum absolute atomic E-state index is 0.174. The van der Waals surface area contributed by atoms with Crippen molar-refractivity contribution in [1.29, 1.82) is 0 Å². The van der Waals surface area contributed by atoms with Crippen molar-refractivity contribution in [3.8, 4) is 0 Å². The summed E-state index contributed by atoms with van der Waals surface area (Å²) in [5.74, 6) is -0.174. The van der Waals surface area contributed by atoms with Gasteiger partial charge in [-0.25, -0.2) is 4.98 Å². The fourth-order valence-corrected chi connectivity index (χ4v) is 1.20. The van der Waals surface area contributed by atoms with Gasteiger partial charge in [-0.3, -0.25) is 4.79 Å². The van der Waals surface area contributed by atoms with Gasteiger partial charge in [-0.15, -0.1) is 11.3 Å². The first-order valence-corrected chi connectivity index (χ1v) is 4.58. The first kappa shape index (κ1) is 9.15. The quantitative estimate of drug-likeness (QED) is 0.732. The van der Waals surface area contributed by atoms with Gasteiger partial charge in [-0.1, -0.05) is 6.92 Å². The summed E-state index contributed by atoms with van der Waals surface area (Å²) in [4.78, 5) is 15.1. The van der Waals surface area contributed by atoms with Crippen molar-refractivity contribution in [2.24, 2.45) is 5.73 Å². The van der Waals surface area contributed by atoms with Crippen LogP contribution in [-0.4, -0.2) is 16.9 Å². The zero-order valence-corrected chi connectivity index (χ0v) is 7.60. The standard InChI is InChI=1S/C7H11N3OS/c1-2-5(8)6(11)10-7-9-3-4-12-7/h3-5H,2,8H2,1H3,(H,9,10,11)/t5-/m0/s1. The highest BCUT2D eigenvalue weighted by Gasteiger charge is 2.11. The first-order valence-electron chi connectivity index (χ1n) is 3.70. The van der Waals surface area contributed by atoms with Gasteiger partial charge < -0.3 is 11.1 Å². The van der Waals surface area contributed by atoms with Crippen LogP contribution in [0, 0.1) is 0 Å². The minimum Gasteiger partial charge on any atom is -0.320 e. The number of rotatable bonds is 3. The fourth-order valence-electron chi connectivity index (χ4n) is 0.669. The largest absolute Gasteiger partial charge is 0.320 e. The lowest BCUT2D eigenvalue weighted by Crippen LogP contribution is -2.34. The van der Waals surface area contributed by atoms with E-state index in [0.29, 0.717) is 11.6 Å². The second kappa shape index (κ2) is 4.18. The summed E-state index contributed by atoms with van der Waals surface area (Å²) in [5, 5.41) is 5.02. The Morgan fingerprint density at radius 1 is 1.92 bits per heavy atom. The van der Waals surface area contributed by atoms with Gasteiger partial charge in [0.05, 0.1) is 6.04 Å². The fraction of sp³-hybridized carbons (Fsp3) is 0.429. The lowest BCUT2D eigenvalue weighted by Gasteiger charge is -2.06. The Hall–Kier alpha value is -0.940. The monoisotopic (exact) mass is 185 g/mol. The van der Waals surface area contributed by atoms with E-state index in [1.807, 2.05) is 6.92 Å². The highest BCUT2D eigenvalue weighted by Crippen LogP contribution is 2.10. The number of thiazole rings is 1. The topological polar surface area (TPSA) is 68.0 Å². The van der Waals surface area contributed by atoms with Crippen molar-refractivity contribution in [2.45, 2.75) is 19.4 Å². The highest BCUT2D eigenvalue weighted by molar-refractivity contribution is 7.13. The summed E-state index contributed by atoms with van der Waals surface area (Å²) in [5.41, 5.74) is 5.50. The van der Waals surface area contributed by atoms with Crippen molar-refractivity contribution in [3.05, 3.63) is 11.6 Å². The highest BCUT2D eigenvalue weighted by atomic mass is 32.1. The summed E-state index contributed by atoms with van der Waals surface area (Å²) in [6.45, 7) is 1.87. The Morgan fingerprint density at radius 3 is 3.17 bits per heavy atom. The average Bonchev–Trinajstić information content (AvgIpc) is 2.55. The van der Waals surface area contributed by atoms with Gasteiger partial charge in [0.2, 0.25) is 5.91 Å². The predicted octanol–water partition coefficient (Wildman–Crippen LogP) is 0.819. The number of nitrogens with two attached hydrogens (primary N) is 1. The lowest BCUT2D eigenvalue weighted by molar-refractivity contribution is -0.117. The molecule has 1 atom stereocenters. The van der Waals surface area contributed by atoms with Gasteiger partial charge >= 0.3 is 0 Å². The molecule has 0 saturated heterocycles. The lowest BCUT2D eigenvalue weighted by atomic mass is 10.2. The Labute approximate surface area is 74.8 Å². The molecule has 0 aliphatic heterocycles. The Kier molecular flexibility index (Phi) is 3.19. The zero-order chi connectivity index (χ0) is 8.97. The third kappa shape index (κ3) is 2.28. The Bertz CT molecular complexity index is 247. The second-order valence-corrected chi connectivity index (χ2v) is 3.24. The molecule has 0 aliphatic carbocycles. The van der Waals surface area contributed by atoms with E-state index in [9.17, 15) is 4.79 Å². The predicted molar refractivity (Wildman–Crippen MR) is 49.0 cm³/mol. The van der Waals surface area contributed by atoms with E-state index in [2.05, 4.69) is 10.3 Å². The van der Waals surface area contributed by atoms with E-state index < -0.39 is 6.04 Å². The Morgan fingerprint density at radius 2 is 2.67 bits per heavy atom. The van der Waals surface area contributed by atoms with Crippen molar-refractivity contribution >= 4 is 22.4 Å². The van der Waals surface area contributed by atoms with Gasteiger partial charge in [-0.05, 0) is 6.42 Å². The molecule has 0 saturated carbocycles. The van der Waals surface area contributed by atoms with Crippen molar-refractivity contribution in [3.63, 3.8) is 0 Å². The van der Waals surface area contributed by atoms with Crippen molar-refractivity contribution < 1.29 is 4.79 Å². The number of amides is 1. The maximum Gasteiger partial charge on any atom is 0.243 e. The molecule has 5 heteroatoms. The molecule has 0 fully saturated rings. The summed E-state index contributed by atoms with van der Waals surface area (Å²) in [6, 6.07) is -0.436. The van der Waals surface area contributed by atoms with E-state index >= 15 is 0 Å². The maximum absolute atomic E-state index is 11.2. The van der Waals surface area contributed by atoms with Crippen LogP contribution in [0.3, 0.4) is 0 Å². The molecule has 0 aliphatic rings. The molecule has 1 aromatic rings. The molecule has 1 heterocycles. The molecule has 12 heavy (non-hydrogen) atoms. The second-order valence-electron chi connectivity index (χ2n) is 2.34. The minimum atomic E-state index is -0.436. The molecule has 3 N–H and O–H groups in total. The Balaban J connectivity index is 2.47. The van der Waals surface area contributed by atoms with E-state index in [1.54, 1.807) is 11.6 Å². The molecule has 4 nitrogen and oxygen atoms in total. The third-order valence-electron chi connectivity index (χ3n) is 1.44. The van der Waals surface area contributed by atoms with Crippen LogP contribution < -0.4 is 11.1 Å². The normalized spacial score (nSPS) is 12.5. The van der Waals surface area contributed by atoms with Gasteiger partial charge in [0.1, 0.15) is 0 Å². The molecular formula is C7H11N3OS. The number of nitrogens with zero attached hydrogens (tertiary/aromatic N) is 1. The van der Waals surface area contributed by atoms with Crippen LogP contribution in [0.2, 0.25) is 0 Å². The summed E-state index contributed by atoms with van der Waals surface area (Å²) in [7, 11) is 0. The smallest absolute Gasteiger partial charge is 0.243 e. The van der Waals surface area contributed by atoms with Crippen LogP contribution >= 0.6 is 11.3 Å². The third-order valence-corrected chi connectivity index (χ3v) is 2.13. The van der Waals surface area contributed by atoms with Crippen LogP contribution in [0.15, 0.2) is 11.6 Å². The molecule has 0 unspecified atom stereocenters. The molecule has 66 valence electrons. The number of carbonyl (C=O) groups excluding carboxylic acids is 1. The maximum atomic E-state index is 11.2. The number of hydrogen-bond donors (Lipinski definition) is 2. The molecule has 0 radical (unpaired) electrons. The number of aromatic nitrogens is 1. The number of anilines is 1. The molecular weight excluding hydrogens is 174 g/mol. The SMILES string of the molecule is CC[C@H](N)C(=O)Nc1nccs1. The van der Waals surface area contributed by atoms with Crippen LogP contribution in [-0.2, 0) is 4.79 Å². The number of nitrogens with one attached hydrogen (secondary N) is 1. The molecule has 1 amide bonds. The van der Waals surface area contributed by atoms with E-state index in [0.717, 1.165) is 0 Å². The van der Waals surface area contributed by atoms with Gasteiger partial charge in [0, 0.05) is 11.6 Å². The number of carbonyl (C=O) groups is 1. The molecule has 0 aromatic carbocycles.